The number of carbonyl (C=O) groups is 1. The molecule has 0 radical (unpaired) electrons. The summed E-state index contributed by atoms with van der Waals surface area (Å²) in [7, 11) is 0. The molecule has 0 saturated heterocycles. The van der Waals surface area contributed by atoms with Crippen molar-refractivity contribution in [2.75, 3.05) is 0 Å². The molecule has 0 saturated carbocycles. The zero-order valence-electron chi connectivity index (χ0n) is 7.61. The molecule has 76 valence electrons. The summed E-state index contributed by atoms with van der Waals surface area (Å²) in [5.41, 5.74) is 1.42. The molecule has 1 heterocycles. The predicted molar refractivity (Wildman–Crippen MR) is 56.1 cm³/mol. The monoisotopic (exact) mass is 222 g/mol. The highest BCUT2D eigenvalue weighted by molar-refractivity contribution is 6.31. The highest BCUT2D eigenvalue weighted by Crippen LogP contribution is 2.30. The van der Waals surface area contributed by atoms with E-state index in [1.807, 2.05) is 30.3 Å². The Morgan fingerprint density at radius 3 is 2.47 bits per heavy atom. The van der Waals surface area contributed by atoms with E-state index in [2.05, 4.69) is 0 Å². The average molecular weight is 223 g/mol. The largest absolute Gasteiger partial charge is 0.475 e. The molecule has 2 rings (SSSR count). The molecule has 0 fully saturated rings. The van der Waals surface area contributed by atoms with Gasteiger partial charge in [0.2, 0.25) is 11.0 Å². The van der Waals surface area contributed by atoms with Crippen molar-refractivity contribution in [3.8, 4) is 11.1 Å². The smallest absolute Gasteiger partial charge is 0.371 e. The molecule has 1 N–H and O–H groups in total. The number of carboxylic acid groups (broad SMARTS) is 1. The van der Waals surface area contributed by atoms with Crippen molar-refractivity contribution in [3.63, 3.8) is 0 Å². The Morgan fingerprint density at radius 1 is 1.27 bits per heavy atom. The summed E-state index contributed by atoms with van der Waals surface area (Å²) in [5, 5.41) is 8.81. The average Bonchev–Trinajstić information content (AvgIpc) is 2.62. The first-order valence-electron chi connectivity index (χ1n) is 4.26. The van der Waals surface area contributed by atoms with E-state index >= 15 is 0 Å². The maximum Gasteiger partial charge on any atom is 0.371 e. The van der Waals surface area contributed by atoms with Crippen molar-refractivity contribution < 1.29 is 14.3 Å². The second-order valence-corrected chi connectivity index (χ2v) is 3.31. The van der Waals surface area contributed by atoms with Crippen LogP contribution >= 0.6 is 11.6 Å². The molecule has 0 atom stereocenters. The van der Waals surface area contributed by atoms with Crippen LogP contribution in [0.3, 0.4) is 0 Å². The van der Waals surface area contributed by atoms with Crippen molar-refractivity contribution in [1.82, 2.24) is 0 Å². The van der Waals surface area contributed by atoms with Gasteiger partial charge in [-0.05, 0) is 17.2 Å². The minimum Gasteiger partial charge on any atom is -0.475 e. The van der Waals surface area contributed by atoms with Crippen LogP contribution in [0.25, 0.3) is 11.1 Å². The van der Waals surface area contributed by atoms with Crippen LogP contribution in [0.5, 0.6) is 0 Å². The third-order valence-electron chi connectivity index (χ3n) is 1.98. The Bertz CT molecular complexity index is 488. The second-order valence-electron chi connectivity index (χ2n) is 2.97. The molecule has 0 aliphatic rings. The fourth-order valence-electron chi connectivity index (χ4n) is 1.29. The van der Waals surface area contributed by atoms with Crippen molar-refractivity contribution in [3.05, 3.63) is 47.4 Å². The molecule has 0 aliphatic carbocycles. The lowest BCUT2D eigenvalue weighted by atomic mass is 10.1. The van der Waals surface area contributed by atoms with Crippen LogP contribution in [-0.2, 0) is 0 Å². The van der Waals surface area contributed by atoms with Gasteiger partial charge in [0, 0.05) is 11.6 Å². The summed E-state index contributed by atoms with van der Waals surface area (Å²) in [6, 6.07) is 10.7. The van der Waals surface area contributed by atoms with Crippen LogP contribution in [-0.4, -0.2) is 11.1 Å². The summed E-state index contributed by atoms with van der Waals surface area (Å²) in [6.45, 7) is 0. The van der Waals surface area contributed by atoms with Gasteiger partial charge in [-0.15, -0.1) is 0 Å². The standard InChI is InChI=1S/C11H7ClO3/c12-10-8(6-9(15-10)11(13)14)7-4-2-1-3-5-7/h1-6H,(H,13,14). The molecule has 0 bridgehead atoms. The minimum absolute atomic E-state index is 0.0959. The second kappa shape index (κ2) is 3.79. The molecule has 2 aromatic rings. The summed E-state index contributed by atoms with van der Waals surface area (Å²) >= 11 is 5.79. The molecule has 0 aliphatic heterocycles. The number of furan rings is 1. The van der Waals surface area contributed by atoms with Crippen LogP contribution in [0.1, 0.15) is 10.6 Å². The van der Waals surface area contributed by atoms with Crippen molar-refractivity contribution in [2.24, 2.45) is 0 Å². The Morgan fingerprint density at radius 2 is 1.93 bits per heavy atom. The number of aromatic carboxylic acids is 1. The van der Waals surface area contributed by atoms with Gasteiger partial charge in [-0.2, -0.15) is 0 Å². The van der Waals surface area contributed by atoms with E-state index in [4.69, 9.17) is 21.1 Å². The van der Waals surface area contributed by atoms with E-state index in [0.717, 1.165) is 5.56 Å². The third-order valence-corrected chi connectivity index (χ3v) is 2.26. The molecule has 0 amide bonds. The predicted octanol–water partition coefficient (Wildman–Crippen LogP) is 3.30. The number of halogens is 1. The Balaban J connectivity index is 2.50. The van der Waals surface area contributed by atoms with Crippen LogP contribution in [0.2, 0.25) is 5.22 Å². The molecule has 3 nitrogen and oxygen atoms in total. The van der Waals surface area contributed by atoms with Gasteiger partial charge in [0.05, 0.1) is 0 Å². The quantitative estimate of drug-likeness (QED) is 0.848. The van der Waals surface area contributed by atoms with E-state index in [-0.39, 0.29) is 11.0 Å². The van der Waals surface area contributed by atoms with Crippen LogP contribution < -0.4 is 0 Å². The third kappa shape index (κ3) is 1.87. The Kier molecular flexibility index (Phi) is 2.47. The van der Waals surface area contributed by atoms with Gasteiger partial charge in [-0.25, -0.2) is 4.79 Å². The normalized spacial score (nSPS) is 10.2. The zero-order chi connectivity index (χ0) is 10.8. The molecule has 4 heteroatoms. The number of hydrogen-bond acceptors (Lipinski definition) is 2. The number of hydrogen-bond donors (Lipinski definition) is 1. The van der Waals surface area contributed by atoms with Gasteiger partial charge in [-0.3, -0.25) is 0 Å². The number of carboxylic acids is 1. The summed E-state index contributed by atoms with van der Waals surface area (Å²) < 4.78 is 4.90. The van der Waals surface area contributed by atoms with Crippen molar-refractivity contribution >= 4 is 17.6 Å². The van der Waals surface area contributed by atoms with Crippen LogP contribution in [0.15, 0.2) is 40.8 Å². The Hall–Kier alpha value is -1.74. The zero-order valence-corrected chi connectivity index (χ0v) is 8.36. The van der Waals surface area contributed by atoms with Crippen molar-refractivity contribution in [2.45, 2.75) is 0 Å². The first-order chi connectivity index (χ1) is 7.18. The summed E-state index contributed by atoms with van der Waals surface area (Å²) in [4.78, 5) is 10.6. The van der Waals surface area contributed by atoms with Crippen LogP contribution in [0, 0.1) is 0 Å². The molecule has 0 spiro atoms. The Labute approximate surface area is 90.9 Å². The van der Waals surface area contributed by atoms with E-state index in [9.17, 15) is 4.79 Å². The van der Waals surface area contributed by atoms with Gasteiger partial charge < -0.3 is 9.52 Å². The van der Waals surface area contributed by atoms with E-state index in [1.54, 1.807) is 0 Å². The molecule has 0 unspecified atom stereocenters. The van der Waals surface area contributed by atoms with Gasteiger partial charge >= 0.3 is 5.97 Å². The molecular formula is C11H7ClO3. The van der Waals surface area contributed by atoms with Gasteiger partial charge in [0.1, 0.15) is 0 Å². The number of rotatable bonds is 2. The first kappa shape index (κ1) is 9.80. The SMILES string of the molecule is O=C(O)c1cc(-c2ccccc2)c(Cl)o1. The first-order valence-corrected chi connectivity index (χ1v) is 4.64. The fourth-order valence-corrected chi connectivity index (χ4v) is 1.54. The van der Waals surface area contributed by atoms with Crippen LogP contribution in [0.4, 0.5) is 0 Å². The maximum absolute atomic E-state index is 10.6. The molecule has 1 aromatic heterocycles. The highest BCUT2D eigenvalue weighted by atomic mass is 35.5. The van der Waals surface area contributed by atoms with Gasteiger partial charge in [0.25, 0.3) is 0 Å². The minimum atomic E-state index is -1.13. The lowest BCUT2D eigenvalue weighted by Crippen LogP contribution is -1.91. The lowest BCUT2D eigenvalue weighted by Gasteiger charge is -1.95. The molecule has 15 heavy (non-hydrogen) atoms. The van der Waals surface area contributed by atoms with Crippen molar-refractivity contribution in [1.29, 1.82) is 0 Å². The summed E-state index contributed by atoms with van der Waals surface area (Å²) in [5.74, 6) is -1.28. The summed E-state index contributed by atoms with van der Waals surface area (Å²) in [6.07, 6.45) is 0. The van der Waals surface area contributed by atoms with E-state index in [0.29, 0.717) is 5.56 Å². The maximum atomic E-state index is 10.6. The van der Waals surface area contributed by atoms with Gasteiger partial charge in [0.15, 0.2) is 0 Å². The molecule has 1 aromatic carbocycles. The molecular weight excluding hydrogens is 216 g/mol. The fraction of sp³-hybridized carbons (Fsp3) is 0. The van der Waals surface area contributed by atoms with E-state index < -0.39 is 5.97 Å². The number of benzene rings is 1. The lowest BCUT2D eigenvalue weighted by molar-refractivity contribution is 0.0662. The van der Waals surface area contributed by atoms with Gasteiger partial charge in [-0.1, -0.05) is 30.3 Å². The van der Waals surface area contributed by atoms with E-state index in [1.165, 1.54) is 6.07 Å². The highest BCUT2D eigenvalue weighted by Gasteiger charge is 2.15. The topological polar surface area (TPSA) is 50.4 Å².